The average molecular weight is 320 g/mol. The van der Waals surface area contributed by atoms with Crippen LogP contribution < -0.4 is 4.72 Å². The largest absolute Gasteiger partial charge is 0.304 e. The van der Waals surface area contributed by atoms with Gasteiger partial charge in [0.05, 0.1) is 5.02 Å². The van der Waals surface area contributed by atoms with Crippen LogP contribution in [0, 0.1) is 0 Å². The number of unbranched alkanes of at least 4 members (excludes halogenated alkanes) is 1. The van der Waals surface area contributed by atoms with Crippen LogP contribution in [0.3, 0.4) is 0 Å². The lowest BCUT2D eigenvalue weighted by Gasteiger charge is -2.20. The number of pyridine rings is 1. The Balaban J connectivity index is 2.40. The van der Waals surface area contributed by atoms with Crippen molar-refractivity contribution in [2.24, 2.45) is 0 Å². The SMILES string of the molecule is CC(C)N(C)CCCCNS(=O)(=O)c1cnccc1Cl. The molecule has 5 nitrogen and oxygen atoms in total. The van der Waals surface area contributed by atoms with Crippen molar-refractivity contribution in [1.29, 1.82) is 0 Å². The lowest BCUT2D eigenvalue weighted by Crippen LogP contribution is -2.29. The minimum atomic E-state index is -3.57. The summed E-state index contributed by atoms with van der Waals surface area (Å²) < 4.78 is 26.6. The molecular weight excluding hydrogens is 298 g/mol. The fourth-order valence-electron chi connectivity index (χ4n) is 1.59. The molecule has 1 N–H and O–H groups in total. The van der Waals surface area contributed by atoms with Gasteiger partial charge < -0.3 is 4.90 Å². The van der Waals surface area contributed by atoms with E-state index >= 15 is 0 Å². The summed E-state index contributed by atoms with van der Waals surface area (Å²) in [6.07, 6.45) is 4.45. The zero-order valence-electron chi connectivity index (χ0n) is 12.1. The van der Waals surface area contributed by atoms with Crippen molar-refractivity contribution in [3.8, 4) is 0 Å². The Bertz CT molecular complexity index is 520. The van der Waals surface area contributed by atoms with Crippen molar-refractivity contribution < 1.29 is 8.42 Å². The first-order valence-electron chi connectivity index (χ1n) is 6.64. The number of nitrogens with zero attached hydrogens (tertiary/aromatic N) is 2. The molecule has 0 aliphatic heterocycles. The minimum Gasteiger partial charge on any atom is -0.304 e. The van der Waals surface area contributed by atoms with Crippen molar-refractivity contribution in [1.82, 2.24) is 14.6 Å². The summed E-state index contributed by atoms with van der Waals surface area (Å²) in [4.78, 5) is 6.05. The van der Waals surface area contributed by atoms with E-state index in [1.807, 2.05) is 0 Å². The van der Waals surface area contributed by atoms with Gasteiger partial charge in [0.2, 0.25) is 10.0 Å². The number of halogens is 1. The highest BCUT2D eigenvalue weighted by Crippen LogP contribution is 2.18. The van der Waals surface area contributed by atoms with Gasteiger partial charge in [-0.3, -0.25) is 4.98 Å². The average Bonchev–Trinajstić information content (AvgIpc) is 2.38. The first-order chi connectivity index (χ1) is 9.34. The van der Waals surface area contributed by atoms with Gasteiger partial charge in [-0.05, 0) is 46.3 Å². The van der Waals surface area contributed by atoms with E-state index in [1.165, 1.54) is 18.5 Å². The maximum absolute atomic E-state index is 12.0. The number of hydrogen-bond donors (Lipinski definition) is 1. The third-order valence-corrected chi connectivity index (χ3v) is 5.07. The fraction of sp³-hybridized carbons (Fsp3) is 0.615. The van der Waals surface area contributed by atoms with Crippen LogP contribution in [0.2, 0.25) is 5.02 Å². The van der Waals surface area contributed by atoms with Crippen LogP contribution in [0.15, 0.2) is 23.4 Å². The molecule has 1 aromatic heterocycles. The van der Waals surface area contributed by atoms with Gasteiger partial charge in [0.25, 0.3) is 0 Å². The lowest BCUT2D eigenvalue weighted by molar-refractivity contribution is 0.268. The van der Waals surface area contributed by atoms with Crippen LogP contribution in [-0.2, 0) is 10.0 Å². The first-order valence-corrected chi connectivity index (χ1v) is 8.50. The molecule has 0 aliphatic carbocycles. The molecule has 20 heavy (non-hydrogen) atoms. The van der Waals surface area contributed by atoms with E-state index in [2.05, 4.69) is 35.5 Å². The molecule has 114 valence electrons. The molecule has 0 aromatic carbocycles. The number of rotatable bonds is 8. The van der Waals surface area contributed by atoms with Gasteiger partial charge in [-0.2, -0.15) is 0 Å². The van der Waals surface area contributed by atoms with Gasteiger partial charge in [-0.1, -0.05) is 11.6 Å². The fourth-order valence-corrected chi connectivity index (χ4v) is 3.09. The van der Waals surface area contributed by atoms with Crippen molar-refractivity contribution in [3.05, 3.63) is 23.5 Å². The molecule has 0 atom stereocenters. The molecule has 0 aliphatic rings. The van der Waals surface area contributed by atoms with Crippen LogP contribution in [0.25, 0.3) is 0 Å². The molecule has 1 rings (SSSR count). The van der Waals surface area contributed by atoms with Gasteiger partial charge in [-0.25, -0.2) is 13.1 Å². The van der Waals surface area contributed by atoms with Gasteiger partial charge in [-0.15, -0.1) is 0 Å². The third kappa shape index (κ3) is 5.36. The molecule has 1 heterocycles. The highest BCUT2D eigenvalue weighted by molar-refractivity contribution is 7.89. The van der Waals surface area contributed by atoms with Gasteiger partial charge in [0, 0.05) is 25.0 Å². The number of sulfonamides is 1. The molecule has 1 aromatic rings. The van der Waals surface area contributed by atoms with Gasteiger partial charge in [0.15, 0.2) is 0 Å². The topological polar surface area (TPSA) is 62.3 Å². The standard InChI is InChI=1S/C13H22ClN3O2S/c1-11(2)17(3)9-5-4-7-16-20(18,19)13-10-15-8-6-12(13)14/h6,8,10-11,16H,4-5,7,9H2,1-3H3. The number of hydrogen-bond acceptors (Lipinski definition) is 4. The maximum atomic E-state index is 12.0. The van der Waals surface area contributed by atoms with E-state index in [4.69, 9.17) is 11.6 Å². The second kappa shape index (κ2) is 7.93. The van der Waals surface area contributed by atoms with Crippen LogP contribution >= 0.6 is 11.6 Å². The second-order valence-corrected chi connectivity index (χ2v) is 7.13. The molecule has 0 radical (unpaired) electrons. The van der Waals surface area contributed by atoms with Crippen molar-refractivity contribution >= 4 is 21.6 Å². The quantitative estimate of drug-likeness (QED) is 0.746. The van der Waals surface area contributed by atoms with E-state index in [1.54, 1.807) is 0 Å². The molecule has 7 heteroatoms. The van der Waals surface area contributed by atoms with Crippen LogP contribution in [0.5, 0.6) is 0 Å². The number of nitrogens with one attached hydrogen (secondary N) is 1. The second-order valence-electron chi connectivity index (χ2n) is 4.99. The Morgan fingerprint density at radius 3 is 2.70 bits per heavy atom. The van der Waals surface area contributed by atoms with E-state index in [0.29, 0.717) is 12.6 Å². The zero-order valence-corrected chi connectivity index (χ0v) is 13.7. The summed E-state index contributed by atoms with van der Waals surface area (Å²) in [5.74, 6) is 0. The molecule has 0 fully saturated rings. The predicted molar refractivity (Wildman–Crippen MR) is 81.4 cm³/mol. The molecule has 0 unspecified atom stereocenters. The Labute approximate surface area is 126 Å². The van der Waals surface area contributed by atoms with E-state index in [0.717, 1.165) is 19.4 Å². The van der Waals surface area contributed by atoms with Crippen molar-refractivity contribution in [2.45, 2.75) is 37.6 Å². The van der Waals surface area contributed by atoms with Crippen LogP contribution in [0.1, 0.15) is 26.7 Å². The van der Waals surface area contributed by atoms with Crippen LogP contribution in [-0.4, -0.2) is 44.5 Å². The van der Waals surface area contributed by atoms with E-state index in [-0.39, 0.29) is 9.92 Å². The summed E-state index contributed by atoms with van der Waals surface area (Å²) in [5, 5.41) is 0.187. The summed E-state index contributed by atoms with van der Waals surface area (Å²) in [6, 6.07) is 1.97. The smallest absolute Gasteiger partial charge is 0.243 e. The first kappa shape index (κ1) is 17.4. The Hall–Kier alpha value is -0.690. The number of aromatic nitrogens is 1. The minimum absolute atomic E-state index is 0.0287. The molecule has 0 spiro atoms. The summed E-state index contributed by atoms with van der Waals surface area (Å²) in [5.41, 5.74) is 0. The predicted octanol–water partition coefficient (Wildman–Crippen LogP) is 2.13. The third-order valence-electron chi connectivity index (χ3n) is 3.13. The van der Waals surface area contributed by atoms with E-state index < -0.39 is 10.0 Å². The lowest BCUT2D eigenvalue weighted by atomic mass is 10.2. The maximum Gasteiger partial charge on any atom is 0.243 e. The summed E-state index contributed by atoms with van der Waals surface area (Å²) in [6.45, 7) is 5.62. The van der Waals surface area contributed by atoms with Crippen molar-refractivity contribution in [3.63, 3.8) is 0 Å². The molecule has 0 amide bonds. The van der Waals surface area contributed by atoms with Gasteiger partial charge >= 0.3 is 0 Å². The molecule has 0 bridgehead atoms. The highest BCUT2D eigenvalue weighted by atomic mass is 35.5. The highest BCUT2D eigenvalue weighted by Gasteiger charge is 2.17. The summed E-state index contributed by atoms with van der Waals surface area (Å²) >= 11 is 5.86. The monoisotopic (exact) mass is 319 g/mol. The molecular formula is C13H22ClN3O2S. The van der Waals surface area contributed by atoms with Crippen LogP contribution in [0.4, 0.5) is 0 Å². The molecule has 0 saturated carbocycles. The van der Waals surface area contributed by atoms with E-state index in [9.17, 15) is 8.42 Å². The molecule has 0 saturated heterocycles. The zero-order chi connectivity index (χ0) is 15.2. The van der Waals surface area contributed by atoms with Gasteiger partial charge in [0.1, 0.15) is 4.90 Å². The Kier molecular flexibility index (Phi) is 6.88. The Morgan fingerprint density at radius 1 is 1.40 bits per heavy atom. The van der Waals surface area contributed by atoms with Crippen molar-refractivity contribution in [2.75, 3.05) is 20.1 Å². The Morgan fingerprint density at radius 2 is 2.10 bits per heavy atom. The summed E-state index contributed by atoms with van der Waals surface area (Å²) in [7, 11) is -1.51. The normalized spacial score (nSPS) is 12.3.